The summed E-state index contributed by atoms with van der Waals surface area (Å²) in [6.45, 7) is 2.47. The first kappa shape index (κ1) is 16.8. The molecule has 2 aromatic rings. The maximum atomic E-state index is 12.7. The summed E-state index contributed by atoms with van der Waals surface area (Å²) < 4.78 is 27.0. The highest BCUT2D eigenvalue weighted by molar-refractivity contribution is 7.89. The molecule has 1 aliphatic heterocycles. The minimum Gasteiger partial charge on any atom is -0.295 e. The second-order valence-electron chi connectivity index (χ2n) is 6.04. The van der Waals surface area contributed by atoms with Crippen molar-refractivity contribution in [2.24, 2.45) is 0 Å². The molecular weight excluding hydrogens is 324 g/mol. The van der Waals surface area contributed by atoms with Gasteiger partial charge in [0.15, 0.2) is 5.78 Å². The number of hydrogen-bond donors (Lipinski definition) is 0. The highest BCUT2D eigenvalue weighted by Gasteiger charge is 2.29. The van der Waals surface area contributed by atoms with Crippen LogP contribution in [0.25, 0.3) is 0 Å². The van der Waals surface area contributed by atoms with Crippen molar-refractivity contribution in [3.05, 3.63) is 59.9 Å². The van der Waals surface area contributed by atoms with E-state index in [1.54, 1.807) is 24.5 Å². The van der Waals surface area contributed by atoms with Gasteiger partial charge >= 0.3 is 0 Å². The van der Waals surface area contributed by atoms with E-state index in [4.69, 9.17) is 0 Å². The van der Waals surface area contributed by atoms with E-state index in [0.29, 0.717) is 24.6 Å². The van der Waals surface area contributed by atoms with Gasteiger partial charge in [-0.25, -0.2) is 8.42 Å². The lowest BCUT2D eigenvalue weighted by molar-refractivity contribution is 0.101. The average molecular weight is 344 g/mol. The molecular formula is C18H20N2O3S. The zero-order chi connectivity index (χ0) is 17.2. The smallest absolute Gasteiger partial charge is 0.243 e. The van der Waals surface area contributed by atoms with Crippen molar-refractivity contribution in [2.75, 3.05) is 13.1 Å². The third-order valence-corrected chi connectivity index (χ3v) is 6.44. The summed E-state index contributed by atoms with van der Waals surface area (Å²) >= 11 is 0. The van der Waals surface area contributed by atoms with Gasteiger partial charge < -0.3 is 0 Å². The summed E-state index contributed by atoms with van der Waals surface area (Å²) in [4.78, 5) is 15.6. The maximum absolute atomic E-state index is 12.7. The number of carbonyl (C=O) groups excluding carboxylic acids is 1. The van der Waals surface area contributed by atoms with E-state index in [1.807, 2.05) is 12.1 Å². The van der Waals surface area contributed by atoms with E-state index >= 15 is 0 Å². The van der Waals surface area contributed by atoms with Crippen LogP contribution in [0.15, 0.2) is 53.7 Å². The molecule has 1 aromatic carbocycles. The quantitative estimate of drug-likeness (QED) is 0.800. The van der Waals surface area contributed by atoms with Gasteiger partial charge in [0.2, 0.25) is 10.0 Å². The Kier molecular flexibility index (Phi) is 4.78. The van der Waals surface area contributed by atoms with Crippen LogP contribution in [0.2, 0.25) is 0 Å². The minimum atomic E-state index is -3.50. The summed E-state index contributed by atoms with van der Waals surface area (Å²) in [7, 11) is -3.50. The van der Waals surface area contributed by atoms with E-state index in [2.05, 4.69) is 4.98 Å². The first-order valence-electron chi connectivity index (χ1n) is 7.99. The number of carbonyl (C=O) groups is 1. The Hall–Kier alpha value is -2.05. The second kappa shape index (κ2) is 6.83. The molecule has 0 bridgehead atoms. The van der Waals surface area contributed by atoms with Crippen LogP contribution in [0.4, 0.5) is 0 Å². The molecule has 0 atom stereocenters. The molecule has 0 saturated carbocycles. The van der Waals surface area contributed by atoms with Gasteiger partial charge in [-0.05, 0) is 55.5 Å². The fourth-order valence-electron chi connectivity index (χ4n) is 3.08. The van der Waals surface area contributed by atoms with Crippen molar-refractivity contribution in [1.82, 2.24) is 9.29 Å². The lowest BCUT2D eigenvalue weighted by atomic mass is 9.91. The van der Waals surface area contributed by atoms with Gasteiger partial charge in [-0.2, -0.15) is 4.31 Å². The van der Waals surface area contributed by atoms with Crippen LogP contribution in [0.5, 0.6) is 0 Å². The Morgan fingerprint density at radius 1 is 1.04 bits per heavy atom. The molecule has 0 radical (unpaired) electrons. The number of benzene rings is 1. The summed E-state index contributed by atoms with van der Waals surface area (Å²) in [5.41, 5.74) is 1.73. The Morgan fingerprint density at radius 3 is 2.17 bits per heavy atom. The van der Waals surface area contributed by atoms with E-state index in [1.165, 1.54) is 28.9 Å². The van der Waals surface area contributed by atoms with Gasteiger partial charge in [0.25, 0.3) is 0 Å². The van der Waals surface area contributed by atoms with Crippen LogP contribution in [-0.4, -0.2) is 36.6 Å². The number of sulfonamides is 1. The Balaban J connectivity index is 1.72. The third kappa shape index (κ3) is 3.39. The monoisotopic (exact) mass is 344 g/mol. The molecule has 1 fully saturated rings. The molecule has 0 unspecified atom stereocenters. The zero-order valence-corrected chi connectivity index (χ0v) is 14.4. The number of piperidine rings is 1. The normalized spacial score (nSPS) is 16.9. The van der Waals surface area contributed by atoms with Crippen LogP contribution in [0, 0.1) is 0 Å². The van der Waals surface area contributed by atoms with Crippen LogP contribution in [-0.2, 0) is 10.0 Å². The number of Topliss-reactive ketones (excluding diaryl/α,β-unsaturated/α-hetero) is 1. The number of aromatic nitrogens is 1. The third-order valence-electron chi connectivity index (χ3n) is 4.53. The van der Waals surface area contributed by atoms with Gasteiger partial charge in [0.05, 0.1) is 4.90 Å². The van der Waals surface area contributed by atoms with Crippen molar-refractivity contribution < 1.29 is 13.2 Å². The molecule has 6 heteroatoms. The number of pyridine rings is 1. The van der Waals surface area contributed by atoms with E-state index < -0.39 is 10.0 Å². The SMILES string of the molecule is CC(=O)c1ccc(S(=O)(=O)N2CCC(c3ccncc3)CC2)cc1. The van der Waals surface area contributed by atoms with E-state index in [0.717, 1.165) is 12.8 Å². The highest BCUT2D eigenvalue weighted by Crippen LogP contribution is 2.30. The molecule has 126 valence electrons. The summed E-state index contributed by atoms with van der Waals surface area (Å²) in [6, 6.07) is 10.2. The van der Waals surface area contributed by atoms with Crippen molar-refractivity contribution in [2.45, 2.75) is 30.6 Å². The zero-order valence-electron chi connectivity index (χ0n) is 13.6. The van der Waals surface area contributed by atoms with Gasteiger partial charge in [-0.15, -0.1) is 0 Å². The average Bonchev–Trinajstić information content (AvgIpc) is 2.62. The molecule has 3 rings (SSSR count). The minimum absolute atomic E-state index is 0.0721. The van der Waals surface area contributed by atoms with Crippen molar-refractivity contribution in [3.8, 4) is 0 Å². The second-order valence-corrected chi connectivity index (χ2v) is 7.98. The largest absolute Gasteiger partial charge is 0.295 e. The fourth-order valence-corrected chi connectivity index (χ4v) is 4.55. The van der Waals surface area contributed by atoms with Gasteiger partial charge in [-0.1, -0.05) is 12.1 Å². The summed E-state index contributed by atoms with van der Waals surface area (Å²) in [6.07, 6.45) is 5.15. The number of ketones is 1. The molecule has 0 spiro atoms. The van der Waals surface area contributed by atoms with Gasteiger partial charge in [0.1, 0.15) is 0 Å². The first-order valence-corrected chi connectivity index (χ1v) is 9.43. The predicted molar refractivity (Wildman–Crippen MR) is 91.4 cm³/mol. The molecule has 1 aliphatic rings. The molecule has 0 aliphatic carbocycles. The van der Waals surface area contributed by atoms with E-state index in [-0.39, 0.29) is 10.7 Å². The number of hydrogen-bond acceptors (Lipinski definition) is 4. The summed E-state index contributed by atoms with van der Waals surface area (Å²) in [5, 5.41) is 0. The number of rotatable bonds is 4. The maximum Gasteiger partial charge on any atom is 0.243 e. The molecule has 2 heterocycles. The lowest BCUT2D eigenvalue weighted by Gasteiger charge is -2.31. The molecule has 0 amide bonds. The predicted octanol–water partition coefficient (Wildman–Crippen LogP) is 2.85. The standard InChI is InChI=1S/C18H20N2O3S/c1-14(21)15-2-4-18(5-3-15)24(22,23)20-12-8-17(9-13-20)16-6-10-19-11-7-16/h2-7,10-11,17H,8-9,12-13H2,1H3. The first-order chi connectivity index (χ1) is 11.5. The number of nitrogens with zero attached hydrogens (tertiary/aromatic N) is 2. The fraction of sp³-hybridized carbons (Fsp3) is 0.333. The van der Waals surface area contributed by atoms with Gasteiger partial charge in [0, 0.05) is 31.0 Å². The van der Waals surface area contributed by atoms with Crippen molar-refractivity contribution in [1.29, 1.82) is 0 Å². The van der Waals surface area contributed by atoms with Gasteiger partial charge in [-0.3, -0.25) is 9.78 Å². The molecule has 0 N–H and O–H groups in total. The molecule has 1 saturated heterocycles. The molecule has 5 nitrogen and oxygen atoms in total. The lowest BCUT2D eigenvalue weighted by Crippen LogP contribution is -2.37. The van der Waals surface area contributed by atoms with E-state index in [9.17, 15) is 13.2 Å². The Labute approximate surface area is 142 Å². The topological polar surface area (TPSA) is 67.3 Å². The van der Waals surface area contributed by atoms with Crippen LogP contribution in [0.1, 0.15) is 41.6 Å². The summed E-state index contributed by atoms with van der Waals surface area (Å²) in [5.74, 6) is 0.302. The van der Waals surface area contributed by atoms with Crippen LogP contribution >= 0.6 is 0 Å². The van der Waals surface area contributed by atoms with Crippen LogP contribution in [0.3, 0.4) is 0 Å². The molecule has 1 aromatic heterocycles. The Morgan fingerprint density at radius 2 is 1.62 bits per heavy atom. The van der Waals surface area contributed by atoms with Crippen LogP contribution < -0.4 is 0 Å². The van der Waals surface area contributed by atoms with Crippen molar-refractivity contribution in [3.63, 3.8) is 0 Å². The molecule has 24 heavy (non-hydrogen) atoms. The highest BCUT2D eigenvalue weighted by atomic mass is 32.2. The van der Waals surface area contributed by atoms with Crippen molar-refractivity contribution >= 4 is 15.8 Å². The Bertz CT molecular complexity index is 809.